The number of hydrogen-bond acceptors (Lipinski definition) is 2. The number of carboxylic acids is 1. The Morgan fingerprint density at radius 1 is 1.24 bits per heavy atom. The molecular formula is C15H12ClFO3S. The summed E-state index contributed by atoms with van der Waals surface area (Å²) in [6, 6.07) is 12.3. The average molecular weight is 327 g/mol. The highest BCUT2D eigenvalue weighted by Gasteiger charge is 2.23. The van der Waals surface area contributed by atoms with Gasteiger partial charge in [0, 0.05) is 10.6 Å². The van der Waals surface area contributed by atoms with E-state index in [1.807, 2.05) is 0 Å². The molecule has 0 aliphatic carbocycles. The van der Waals surface area contributed by atoms with Crippen molar-refractivity contribution in [3.63, 3.8) is 0 Å². The molecule has 3 nitrogen and oxygen atoms in total. The zero-order valence-corrected chi connectivity index (χ0v) is 12.4. The highest BCUT2D eigenvalue weighted by molar-refractivity contribution is 7.85. The highest BCUT2D eigenvalue weighted by atomic mass is 35.5. The second-order valence-electron chi connectivity index (χ2n) is 4.39. The predicted octanol–water partition coefficient (Wildman–Crippen LogP) is 3.46. The molecule has 1 N–H and O–H groups in total. The Kier molecular flexibility index (Phi) is 5.09. The summed E-state index contributed by atoms with van der Waals surface area (Å²) in [6.45, 7) is 0. The molecule has 0 saturated carbocycles. The Balaban J connectivity index is 2.23. The molecule has 0 aromatic heterocycles. The molecule has 2 unspecified atom stereocenters. The van der Waals surface area contributed by atoms with E-state index < -0.39 is 28.5 Å². The van der Waals surface area contributed by atoms with E-state index >= 15 is 0 Å². The van der Waals surface area contributed by atoms with Crippen LogP contribution in [0.1, 0.15) is 11.5 Å². The summed E-state index contributed by atoms with van der Waals surface area (Å²) in [5, 5.41) is 9.17. The highest BCUT2D eigenvalue weighted by Crippen LogP contribution is 2.23. The van der Waals surface area contributed by atoms with Crippen molar-refractivity contribution < 1.29 is 18.5 Å². The third-order valence-electron chi connectivity index (χ3n) is 2.97. The van der Waals surface area contributed by atoms with Gasteiger partial charge in [0.25, 0.3) is 0 Å². The van der Waals surface area contributed by atoms with E-state index in [1.54, 1.807) is 30.3 Å². The lowest BCUT2D eigenvalue weighted by Crippen LogP contribution is -2.19. The van der Waals surface area contributed by atoms with Crippen molar-refractivity contribution in [3.05, 3.63) is 64.9 Å². The fourth-order valence-corrected chi connectivity index (χ4v) is 3.41. The van der Waals surface area contributed by atoms with Crippen molar-refractivity contribution in [1.29, 1.82) is 0 Å². The van der Waals surface area contributed by atoms with Crippen LogP contribution in [-0.2, 0) is 15.6 Å². The van der Waals surface area contributed by atoms with Gasteiger partial charge in [0.2, 0.25) is 0 Å². The minimum Gasteiger partial charge on any atom is -0.481 e. The Morgan fingerprint density at radius 3 is 2.48 bits per heavy atom. The lowest BCUT2D eigenvalue weighted by Gasteiger charge is -2.12. The quantitative estimate of drug-likeness (QED) is 0.915. The summed E-state index contributed by atoms with van der Waals surface area (Å²) in [5.41, 5.74) is 0.576. The van der Waals surface area contributed by atoms with E-state index in [4.69, 9.17) is 11.6 Å². The predicted molar refractivity (Wildman–Crippen MR) is 79.5 cm³/mol. The molecule has 2 aromatic rings. The largest absolute Gasteiger partial charge is 0.481 e. The van der Waals surface area contributed by atoms with Gasteiger partial charge >= 0.3 is 5.97 Å². The van der Waals surface area contributed by atoms with Gasteiger partial charge in [0.15, 0.2) is 0 Å². The first-order chi connectivity index (χ1) is 9.99. The number of carbonyl (C=O) groups is 1. The molecule has 2 rings (SSSR count). The van der Waals surface area contributed by atoms with Crippen molar-refractivity contribution in [2.24, 2.45) is 0 Å². The third-order valence-corrected chi connectivity index (χ3v) is 4.68. The van der Waals surface area contributed by atoms with Crippen LogP contribution in [0, 0.1) is 5.82 Å². The first kappa shape index (κ1) is 15.7. The lowest BCUT2D eigenvalue weighted by molar-refractivity contribution is -0.138. The van der Waals surface area contributed by atoms with Gasteiger partial charge in [-0.15, -0.1) is 0 Å². The molecular weight excluding hydrogens is 315 g/mol. The van der Waals surface area contributed by atoms with Gasteiger partial charge in [0.1, 0.15) is 5.82 Å². The molecule has 0 amide bonds. The molecule has 0 radical (unpaired) electrons. The van der Waals surface area contributed by atoms with Crippen molar-refractivity contribution in [2.75, 3.05) is 5.75 Å². The molecule has 0 spiro atoms. The Labute approximate surface area is 128 Å². The summed E-state index contributed by atoms with van der Waals surface area (Å²) in [4.78, 5) is 11.7. The van der Waals surface area contributed by atoms with E-state index in [9.17, 15) is 18.5 Å². The molecule has 0 aliphatic rings. The van der Waals surface area contributed by atoms with Gasteiger partial charge in [-0.05, 0) is 23.8 Å². The second kappa shape index (κ2) is 6.83. The SMILES string of the molecule is O=C(O)C(CS(=O)c1ccc(F)c(Cl)c1)c1ccccc1. The number of benzene rings is 2. The minimum absolute atomic E-state index is 0.0959. The number of aliphatic carboxylic acids is 1. The number of carboxylic acid groups (broad SMARTS) is 1. The standard InChI is InChI=1S/C15H12ClFO3S/c16-13-8-11(6-7-14(13)17)21(20)9-12(15(18)19)10-4-2-1-3-5-10/h1-8,12H,9H2,(H,18,19). The van der Waals surface area contributed by atoms with E-state index in [0.717, 1.165) is 6.07 Å². The summed E-state index contributed by atoms with van der Waals surface area (Å²) < 4.78 is 25.4. The molecule has 2 aromatic carbocycles. The zero-order chi connectivity index (χ0) is 15.4. The molecule has 6 heteroatoms. The van der Waals surface area contributed by atoms with Crippen molar-refractivity contribution in [3.8, 4) is 0 Å². The minimum atomic E-state index is -1.59. The average Bonchev–Trinajstić information content (AvgIpc) is 2.48. The number of hydrogen-bond donors (Lipinski definition) is 1. The molecule has 0 aliphatic heterocycles. The van der Waals surface area contributed by atoms with Crippen LogP contribution >= 0.6 is 11.6 Å². The Bertz CT molecular complexity index is 676. The van der Waals surface area contributed by atoms with Crippen LogP contribution in [0.4, 0.5) is 4.39 Å². The van der Waals surface area contributed by atoms with Crippen LogP contribution in [0.2, 0.25) is 5.02 Å². The summed E-state index contributed by atoms with van der Waals surface area (Å²) in [7, 11) is -1.59. The van der Waals surface area contributed by atoms with Crippen LogP contribution in [0.15, 0.2) is 53.4 Å². The Morgan fingerprint density at radius 2 is 1.90 bits per heavy atom. The molecule has 0 saturated heterocycles. The second-order valence-corrected chi connectivity index (χ2v) is 6.29. The molecule has 0 bridgehead atoms. The van der Waals surface area contributed by atoms with E-state index in [-0.39, 0.29) is 10.8 Å². The van der Waals surface area contributed by atoms with Gasteiger partial charge < -0.3 is 5.11 Å². The Hall–Kier alpha value is -1.72. The van der Waals surface area contributed by atoms with Crippen LogP contribution in [0.25, 0.3) is 0 Å². The number of rotatable bonds is 5. The third kappa shape index (κ3) is 3.89. The normalized spacial score (nSPS) is 13.6. The summed E-state index contributed by atoms with van der Waals surface area (Å²) in [5.74, 6) is -2.64. The van der Waals surface area contributed by atoms with Crippen molar-refractivity contribution in [1.82, 2.24) is 0 Å². The van der Waals surface area contributed by atoms with Gasteiger partial charge in [-0.25, -0.2) is 4.39 Å². The maximum absolute atomic E-state index is 13.1. The molecule has 2 atom stereocenters. The lowest BCUT2D eigenvalue weighted by atomic mass is 10.0. The zero-order valence-electron chi connectivity index (χ0n) is 10.8. The maximum atomic E-state index is 13.1. The van der Waals surface area contributed by atoms with Crippen LogP contribution in [0.3, 0.4) is 0 Å². The van der Waals surface area contributed by atoms with Crippen LogP contribution in [0.5, 0.6) is 0 Å². The van der Waals surface area contributed by atoms with Gasteiger partial charge in [-0.2, -0.15) is 0 Å². The first-order valence-corrected chi connectivity index (χ1v) is 7.80. The van der Waals surface area contributed by atoms with Crippen LogP contribution in [-0.4, -0.2) is 21.0 Å². The number of halogens is 2. The molecule has 21 heavy (non-hydrogen) atoms. The van der Waals surface area contributed by atoms with E-state index in [0.29, 0.717) is 10.5 Å². The van der Waals surface area contributed by atoms with Crippen molar-refractivity contribution >= 4 is 28.4 Å². The molecule has 110 valence electrons. The molecule has 0 fully saturated rings. The topological polar surface area (TPSA) is 54.4 Å². The van der Waals surface area contributed by atoms with Crippen LogP contribution < -0.4 is 0 Å². The van der Waals surface area contributed by atoms with Crippen molar-refractivity contribution in [2.45, 2.75) is 10.8 Å². The first-order valence-electron chi connectivity index (χ1n) is 6.10. The maximum Gasteiger partial charge on any atom is 0.311 e. The van der Waals surface area contributed by atoms with E-state index in [2.05, 4.69) is 0 Å². The fourth-order valence-electron chi connectivity index (χ4n) is 1.86. The smallest absolute Gasteiger partial charge is 0.311 e. The van der Waals surface area contributed by atoms with Gasteiger partial charge in [0.05, 0.1) is 21.7 Å². The van der Waals surface area contributed by atoms with Gasteiger partial charge in [-0.3, -0.25) is 9.00 Å². The molecule has 0 heterocycles. The van der Waals surface area contributed by atoms with E-state index in [1.165, 1.54) is 12.1 Å². The summed E-state index contributed by atoms with van der Waals surface area (Å²) >= 11 is 5.65. The fraction of sp³-hybridized carbons (Fsp3) is 0.133. The monoisotopic (exact) mass is 326 g/mol. The van der Waals surface area contributed by atoms with Gasteiger partial charge in [-0.1, -0.05) is 41.9 Å². The summed E-state index contributed by atoms with van der Waals surface area (Å²) in [6.07, 6.45) is 0.